The minimum Gasteiger partial charge on any atom is -0.444 e. The Morgan fingerprint density at radius 2 is 1.77 bits per heavy atom. The van der Waals surface area contributed by atoms with Gasteiger partial charge < -0.3 is 15.0 Å². The number of amides is 4. The van der Waals surface area contributed by atoms with Crippen LogP contribution in [0.5, 0.6) is 0 Å². The molecule has 8 nitrogen and oxygen atoms in total. The molecule has 0 spiro atoms. The number of ether oxygens (including phenoxy) is 1. The Labute approximate surface area is 184 Å². The van der Waals surface area contributed by atoms with Crippen molar-refractivity contribution in [3.63, 3.8) is 0 Å². The molecule has 0 unspecified atom stereocenters. The van der Waals surface area contributed by atoms with Gasteiger partial charge in [0.25, 0.3) is 11.8 Å². The molecule has 3 rings (SSSR count). The van der Waals surface area contributed by atoms with E-state index >= 15 is 0 Å². The van der Waals surface area contributed by atoms with Gasteiger partial charge in [0.2, 0.25) is 5.91 Å². The Balaban J connectivity index is 1.46. The Bertz CT molecular complexity index is 872. The lowest BCUT2D eigenvalue weighted by molar-refractivity contribution is -0.132. The summed E-state index contributed by atoms with van der Waals surface area (Å²) >= 11 is 3.30. The van der Waals surface area contributed by atoms with Gasteiger partial charge in [0.05, 0.1) is 11.1 Å². The molecule has 1 fully saturated rings. The molecule has 0 aromatic heterocycles. The van der Waals surface area contributed by atoms with Crippen molar-refractivity contribution in [2.24, 2.45) is 0 Å². The van der Waals surface area contributed by atoms with Crippen molar-refractivity contribution in [3.8, 4) is 0 Å². The van der Waals surface area contributed by atoms with E-state index in [9.17, 15) is 19.2 Å². The summed E-state index contributed by atoms with van der Waals surface area (Å²) in [4.78, 5) is 52.3. The molecule has 2 heterocycles. The lowest BCUT2D eigenvalue weighted by atomic mass is 10.0. The first-order valence-electron chi connectivity index (χ1n) is 9.98. The van der Waals surface area contributed by atoms with E-state index in [0.29, 0.717) is 37.1 Å². The van der Waals surface area contributed by atoms with Gasteiger partial charge in [0.1, 0.15) is 5.60 Å². The highest BCUT2D eigenvalue weighted by molar-refractivity contribution is 9.10. The third-order valence-electron chi connectivity index (χ3n) is 5.05. The first-order valence-corrected chi connectivity index (χ1v) is 10.8. The van der Waals surface area contributed by atoms with Crippen LogP contribution >= 0.6 is 15.9 Å². The van der Waals surface area contributed by atoms with Gasteiger partial charge in [-0.05, 0) is 51.8 Å². The highest BCUT2D eigenvalue weighted by atomic mass is 79.9. The van der Waals surface area contributed by atoms with Crippen LogP contribution in [0, 0.1) is 0 Å². The zero-order valence-electron chi connectivity index (χ0n) is 17.4. The van der Waals surface area contributed by atoms with Gasteiger partial charge in [-0.3, -0.25) is 19.3 Å². The first kappa shape index (κ1) is 22.3. The fourth-order valence-electron chi connectivity index (χ4n) is 3.58. The summed E-state index contributed by atoms with van der Waals surface area (Å²) in [6.45, 7) is 6.49. The van der Waals surface area contributed by atoms with E-state index in [1.165, 1.54) is 0 Å². The first-order chi connectivity index (χ1) is 14.0. The van der Waals surface area contributed by atoms with Gasteiger partial charge in [-0.25, -0.2) is 4.79 Å². The molecule has 1 aromatic carbocycles. The maximum atomic E-state index is 12.6. The van der Waals surface area contributed by atoms with Crippen molar-refractivity contribution >= 4 is 39.7 Å². The normalized spacial score (nSPS) is 17.2. The molecule has 9 heteroatoms. The number of hydrogen-bond donors (Lipinski definition) is 1. The van der Waals surface area contributed by atoms with Crippen molar-refractivity contribution in [1.29, 1.82) is 0 Å². The van der Waals surface area contributed by atoms with E-state index in [1.54, 1.807) is 43.9 Å². The third-order valence-corrected chi connectivity index (χ3v) is 5.54. The molecular weight excluding hydrogens is 454 g/mol. The SMILES string of the molecule is CC(C)(C)OC(=O)NC1CCN(C(=O)CCN2C(=O)c3ccc(Br)cc3C2=O)CC1. The van der Waals surface area contributed by atoms with Crippen LogP contribution in [0.3, 0.4) is 0 Å². The molecule has 162 valence electrons. The number of rotatable bonds is 4. The van der Waals surface area contributed by atoms with Gasteiger partial charge in [-0.2, -0.15) is 0 Å². The van der Waals surface area contributed by atoms with E-state index in [1.807, 2.05) is 0 Å². The Morgan fingerprint density at radius 1 is 1.13 bits per heavy atom. The summed E-state index contributed by atoms with van der Waals surface area (Å²) in [7, 11) is 0. The number of piperidine rings is 1. The molecule has 0 saturated carbocycles. The summed E-state index contributed by atoms with van der Waals surface area (Å²) in [5.41, 5.74) is 0.168. The highest BCUT2D eigenvalue weighted by Gasteiger charge is 2.36. The molecule has 2 aliphatic heterocycles. The van der Waals surface area contributed by atoms with Crippen molar-refractivity contribution < 1.29 is 23.9 Å². The molecule has 2 aliphatic rings. The molecule has 1 saturated heterocycles. The Kier molecular flexibility index (Phi) is 6.50. The van der Waals surface area contributed by atoms with Gasteiger partial charge in [-0.1, -0.05) is 15.9 Å². The Morgan fingerprint density at radius 3 is 2.40 bits per heavy atom. The van der Waals surface area contributed by atoms with Gasteiger partial charge >= 0.3 is 6.09 Å². The van der Waals surface area contributed by atoms with E-state index in [4.69, 9.17) is 4.74 Å². The fraction of sp³-hybridized carbons (Fsp3) is 0.524. The number of likely N-dealkylation sites (tertiary alicyclic amines) is 1. The minimum atomic E-state index is -0.555. The smallest absolute Gasteiger partial charge is 0.407 e. The third kappa shape index (κ3) is 5.19. The van der Waals surface area contributed by atoms with Crippen molar-refractivity contribution in [3.05, 3.63) is 33.8 Å². The number of hydrogen-bond acceptors (Lipinski definition) is 5. The molecular formula is C21H26BrN3O5. The summed E-state index contributed by atoms with van der Waals surface area (Å²) in [6, 6.07) is 4.91. The molecule has 0 aliphatic carbocycles. The average Bonchev–Trinajstić information content (AvgIpc) is 2.88. The quantitative estimate of drug-likeness (QED) is 0.669. The van der Waals surface area contributed by atoms with Crippen LogP contribution in [0.1, 0.15) is 60.7 Å². The topological polar surface area (TPSA) is 96.0 Å². The van der Waals surface area contributed by atoms with Crippen LogP contribution in [0.25, 0.3) is 0 Å². The maximum absolute atomic E-state index is 12.6. The summed E-state index contributed by atoms with van der Waals surface area (Å²) in [5.74, 6) is -0.844. The predicted octanol–water partition coefficient (Wildman–Crippen LogP) is 2.95. The monoisotopic (exact) mass is 479 g/mol. The molecule has 1 aromatic rings. The number of fused-ring (bicyclic) bond motifs is 1. The second-order valence-electron chi connectivity index (χ2n) is 8.50. The number of benzene rings is 1. The summed E-state index contributed by atoms with van der Waals surface area (Å²) < 4.78 is 5.99. The molecule has 0 radical (unpaired) electrons. The van der Waals surface area contributed by atoms with Crippen LogP contribution in [0.4, 0.5) is 4.79 Å². The maximum Gasteiger partial charge on any atom is 0.407 e. The summed E-state index contributed by atoms with van der Waals surface area (Å²) in [5, 5.41) is 2.84. The fourth-order valence-corrected chi connectivity index (χ4v) is 3.94. The van der Waals surface area contributed by atoms with Crippen LogP contribution in [0.15, 0.2) is 22.7 Å². The van der Waals surface area contributed by atoms with Crippen molar-refractivity contribution in [2.45, 2.75) is 51.7 Å². The van der Waals surface area contributed by atoms with Gasteiger partial charge in [-0.15, -0.1) is 0 Å². The predicted molar refractivity (Wildman–Crippen MR) is 113 cm³/mol. The number of nitrogens with one attached hydrogen (secondary N) is 1. The number of halogens is 1. The highest BCUT2D eigenvalue weighted by Crippen LogP contribution is 2.26. The molecule has 0 bridgehead atoms. The lowest BCUT2D eigenvalue weighted by Crippen LogP contribution is -2.48. The van der Waals surface area contributed by atoms with Gasteiger partial charge in [0.15, 0.2) is 0 Å². The standard InChI is InChI=1S/C21H26BrN3O5/c1-21(2,3)30-20(29)23-14-6-9-24(10-7-14)17(26)8-11-25-18(27)15-5-4-13(22)12-16(15)19(25)28/h4-5,12,14H,6-11H2,1-3H3,(H,23,29). The second kappa shape index (κ2) is 8.75. The van der Waals surface area contributed by atoms with Crippen molar-refractivity contribution in [2.75, 3.05) is 19.6 Å². The minimum absolute atomic E-state index is 0.0430. The summed E-state index contributed by atoms with van der Waals surface area (Å²) in [6.07, 6.45) is 0.888. The molecule has 1 N–H and O–H groups in total. The number of carbonyl (C=O) groups excluding carboxylic acids is 4. The van der Waals surface area contributed by atoms with Crippen LogP contribution < -0.4 is 5.32 Å². The number of nitrogens with zero attached hydrogens (tertiary/aromatic N) is 2. The number of carbonyl (C=O) groups is 4. The number of alkyl carbamates (subject to hydrolysis) is 1. The van der Waals surface area contributed by atoms with Gasteiger partial charge in [0, 0.05) is 36.6 Å². The zero-order chi connectivity index (χ0) is 22.1. The zero-order valence-corrected chi connectivity index (χ0v) is 19.0. The Hall–Kier alpha value is -2.42. The average molecular weight is 480 g/mol. The van der Waals surface area contributed by atoms with E-state index < -0.39 is 11.7 Å². The van der Waals surface area contributed by atoms with Crippen LogP contribution in [0.2, 0.25) is 0 Å². The van der Waals surface area contributed by atoms with E-state index in [0.717, 1.165) is 9.37 Å². The van der Waals surface area contributed by atoms with Crippen LogP contribution in [-0.4, -0.2) is 64.9 Å². The van der Waals surface area contributed by atoms with E-state index in [-0.39, 0.29) is 36.7 Å². The largest absolute Gasteiger partial charge is 0.444 e. The molecule has 0 atom stereocenters. The van der Waals surface area contributed by atoms with Crippen LogP contribution in [-0.2, 0) is 9.53 Å². The van der Waals surface area contributed by atoms with Crippen molar-refractivity contribution in [1.82, 2.24) is 15.1 Å². The van der Waals surface area contributed by atoms with E-state index in [2.05, 4.69) is 21.2 Å². The lowest BCUT2D eigenvalue weighted by Gasteiger charge is -2.33. The molecule has 30 heavy (non-hydrogen) atoms. The second-order valence-corrected chi connectivity index (χ2v) is 9.42. The number of imide groups is 1. The molecule has 4 amide bonds.